The Morgan fingerprint density at radius 1 is 1.16 bits per heavy atom. The van der Waals surface area contributed by atoms with Crippen molar-refractivity contribution >= 4 is 35.4 Å². The van der Waals surface area contributed by atoms with Gasteiger partial charge in [-0.15, -0.1) is 11.8 Å². The van der Waals surface area contributed by atoms with Crippen molar-refractivity contribution < 1.29 is 19.1 Å². The first kappa shape index (κ1) is 23.0. The molecule has 1 heterocycles. The maximum absolute atomic E-state index is 13.0. The van der Waals surface area contributed by atoms with Gasteiger partial charge in [0, 0.05) is 16.5 Å². The predicted molar refractivity (Wildman–Crippen MR) is 122 cm³/mol. The summed E-state index contributed by atoms with van der Waals surface area (Å²) in [5.74, 6) is 0.132. The number of hydrogen-bond donors (Lipinski definition) is 1. The minimum atomic E-state index is -0.736. The highest BCUT2D eigenvalue weighted by atomic mass is 35.5. The SMILES string of the molecule is CCOC(=O)C1=C(COc2ccc(SC)cc2)N(CC)C(=O)NC1c1ccccc1Cl. The van der Waals surface area contributed by atoms with Crippen molar-refractivity contribution in [2.75, 3.05) is 26.0 Å². The number of thioether (sulfide) groups is 1. The van der Waals surface area contributed by atoms with Crippen LogP contribution in [-0.4, -0.2) is 42.9 Å². The molecule has 6 nitrogen and oxygen atoms in total. The third-order valence-corrected chi connectivity index (χ3v) is 5.99. The highest BCUT2D eigenvalue weighted by molar-refractivity contribution is 7.98. The van der Waals surface area contributed by atoms with Crippen LogP contribution in [0.25, 0.3) is 0 Å². The molecule has 2 aromatic rings. The van der Waals surface area contributed by atoms with Crippen LogP contribution in [0.2, 0.25) is 5.02 Å². The van der Waals surface area contributed by atoms with Gasteiger partial charge in [-0.05, 0) is 56.0 Å². The Labute approximate surface area is 191 Å². The normalized spacial score (nSPS) is 16.2. The van der Waals surface area contributed by atoms with Crippen LogP contribution in [-0.2, 0) is 9.53 Å². The number of ether oxygens (including phenoxy) is 2. The van der Waals surface area contributed by atoms with Crippen LogP contribution < -0.4 is 10.1 Å². The largest absolute Gasteiger partial charge is 0.487 e. The molecular formula is C23H25ClN2O4S. The zero-order valence-electron chi connectivity index (χ0n) is 17.7. The number of esters is 1. The highest BCUT2D eigenvalue weighted by Crippen LogP contribution is 2.35. The van der Waals surface area contributed by atoms with Gasteiger partial charge in [-0.3, -0.25) is 4.90 Å². The molecular weight excluding hydrogens is 436 g/mol. The summed E-state index contributed by atoms with van der Waals surface area (Å²) in [6.45, 7) is 4.20. The molecule has 31 heavy (non-hydrogen) atoms. The second kappa shape index (κ2) is 10.6. The lowest BCUT2D eigenvalue weighted by Gasteiger charge is -2.36. The number of likely N-dealkylation sites (N-methyl/N-ethyl adjacent to an activating group) is 1. The van der Waals surface area contributed by atoms with Crippen molar-refractivity contribution in [2.24, 2.45) is 0 Å². The fraction of sp³-hybridized carbons (Fsp3) is 0.304. The first-order chi connectivity index (χ1) is 15.0. The van der Waals surface area contributed by atoms with Gasteiger partial charge in [0.1, 0.15) is 12.4 Å². The number of rotatable bonds is 8. The first-order valence-electron chi connectivity index (χ1n) is 9.99. The Morgan fingerprint density at radius 3 is 2.48 bits per heavy atom. The maximum atomic E-state index is 13.0. The minimum absolute atomic E-state index is 0.0367. The molecule has 2 aromatic carbocycles. The van der Waals surface area contributed by atoms with E-state index >= 15 is 0 Å². The number of hydrogen-bond acceptors (Lipinski definition) is 5. The average Bonchev–Trinajstić information content (AvgIpc) is 2.78. The van der Waals surface area contributed by atoms with Crippen LogP contribution in [0.5, 0.6) is 5.75 Å². The molecule has 0 fully saturated rings. The van der Waals surface area contributed by atoms with Gasteiger partial charge in [-0.2, -0.15) is 0 Å². The lowest BCUT2D eigenvalue weighted by atomic mass is 9.94. The fourth-order valence-corrected chi connectivity index (χ4v) is 4.06. The number of halogens is 1. The molecule has 0 spiro atoms. The van der Waals surface area contributed by atoms with E-state index in [1.807, 2.05) is 43.5 Å². The first-order valence-corrected chi connectivity index (χ1v) is 11.6. The third kappa shape index (κ3) is 5.17. The maximum Gasteiger partial charge on any atom is 0.338 e. The number of carbonyl (C=O) groups is 2. The third-order valence-electron chi connectivity index (χ3n) is 4.90. The molecule has 0 aromatic heterocycles. The molecule has 1 atom stereocenters. The molecule has 1 aliphatic heterocycles. The number of amides is 2. The van der Waals surface area contributed by atoms with Crippen molar-refractivity contribution in [2.45, 2.75) is 24.8 Å². The molecule has 0 saturated carbocycles. The van der Waals surface area contributed by atoms with Crippen LogP contribution in [0.3, 0.4) is 0 Å². The van der Waals surface area contributed by atoms with E-state index < -0.39 is 12.0 Å². The van der Waals surface area contributed by atoms with E-state index in [1.54, 1.807) is 36.9 Å². The van der Waals surface area contributed by atoms with Gasteiger partial charge >= 0.3 is 12.0 Å². The molecule has 1 aliphatic rings. The van der Waals surface area contributed by atoms with Crippen molar-refractivity contribution in [3.8, 4) is 5.75 Å². The van der Waals surface area contributed by atoms with Crippen molar-refractivity contribution in [1.82, 2.24) is 10.2 Å². The summed E-state index contributed by atoms with van der Waals surface area (Å²) in [5.41, 5.74) is 1.40. The van der Waals surface area contributed by atoms with Gasteiger partial charge in [0.15, 0.2) is 0 Å². The molecule has 1 N–H and O–H groups in total. The van der Waals surface area contributed by atoms with E-state index in [1.165, 1.54) is 4.90 Å². The van der Waals surface area contributed by atoms with Gasteiger partial charge in [-0.1, -0.05) is 29.8 Å². The zero-order valence-corrected chi connectivity index (χ0v) is 19.3. The van der Waals surface area contributed by atoms with Gasteiger partial charge in [0.05, 0.1) is 23.9 Å². The Kier molecular flexibility index (Phi) is 7.87. The Bertz CT molecular complexity index is 978. The summed E-state index contributed by atoms with van der Waals surface area (Å²) in [6, 6.07) is 13.7. The molecule has 1 unspecified atom stereocenters. The van der Waals surface area contributed by atoms with Gasteiger partial charge < -0.3 is 14.8 Å². The molecule has 0 saturated heterocycles. The van der Waals surface area contributed by atoms with Crippen LogP contribution >= 0.6 is 23.4 Å². The topological polar surface area (TPSA) is 67.9 Å². The van der Waals surface area contributed by atoms with E-state index in [4.69, 9.17) is 21.1 Å². The van der Waals surface area contributed by atoms with Crippen molar-refractivity contribution in [1.29, 1.82) is 0 Å². The Balaban J connectivity index is 2.04. The number of urea groups is 1. The highest BCUT2D eigenvalue weighted by Gasteiger charge is 2.38. The van der Waals surface area contributed by atoms with Crippen LogP contribution in [0.15, 0.2) is 64.7 Å². The Hall–Kier alpha value is -2.64. The molecule has 0 aliphatic carbocycles. The number of nitrogens with one attached hydrogen (secondary N) is 1. The molecule has 0 bridgehead atoms. The smallest absolute Gasteiger partial charge is 0.338 e. The average molecular weight is 461 g/mol. The van der Waals surface area contributed by atoms with Gasteiger partial charge in [0.2, 0.25) is 0 Å². The van der Waals surface area contributed by atoms with Crippen molar-refractivity contribution in [3.05, 3.63) is 70.4 Å². The lowest BCUT2D eigenvalue weighted by Crippen LogP contribution is -2.49. The van der Waals surface area contributed by atoms with E-state index in [-0.39, 0.29) is 19.2 Å². The lowest BCUT2D eigenvalue weighted by molar-refractivity contribution is -0.139. The zero-order chi connectivity index (χ0) is 22.4. The van der Waals surface area contributed by atoms with Crippen LogP contribution in [0.4, 0.5) is 4.79 Å². The standard InChI is InChI=1S/C23H25ClN2O4S/c1-4-26-19(14-30-15-10-12-16(31-3)13-11-15)20(22(27)29-5-2)21(25-23(26)28)17-8-6-7-9-18(17)24/h6-13,21H,4-5,14H2,1-3H3,(H,25,28). The van der Waals surface area contributed by atoms with Crippen LogP contribution in [0.1, 0.15) is 25.5 Å². The fourth-order valence-electron chi connectivity index (χ4n) is 3.41. The van der Waals surface area contributed by atoms with Gasteiger partial charge in [-0.25, -0.2) is 9.59 Å². The van der Waals surface area contributed by atoms with E-state index in [0.717, 1.165) is 4.90 Å². The number of carbonyl (C=O) groups excluding carboxylic acids is 2. The van der Waals surface area contributed by atoms with E-state index in [2.05, 4.69) is 5.32 Å². The molecule has 8 heteroatoms. The quantitative estimate of drug-likeness (QED) is 0.441. The molecule has 0 radical (unpaired) electrons. The van der Waals surface area contributed by atoms with Crippen molar-refractivity contribution in [3.63, 3.8) is 0 Å². The van der Waals surface area contributed by atoms with E-state index in [9.17, 15) is 9.59 Å². The number of benzene rings is 2. The molecule has 3 rings (SSSR count). The summed E-state index contributed by atoms with van der Waals surface area (Å²) in [7, 11) is 0. The predicted octanol–water partition coefficient (Wildman–Crippen LogP) is 5.04. The summed E-state index contributed by atoms with van der Waals surface area (Å²) in [6.07, 6.45) is 2.00. The summed E-state index contributed by atoms with van der Waals surface area (Å²) >= 11 is 8.04. The Morgan fingerprint density at radius 2 is 1.87 bits per heavy atom. The van der Waals surface area contributed by atoms with E-state index in [0.29, 0.717) is 34.2 Å². The van der Waals surface area contributed by atoms with Crippen LogP contribution in [0, 0.1) is 0 Å². The second-order valence-electron chi connectivity index (χ2n) is 6.69. The van der Waals surface area contributed by atoms with Gasteiger partial charge in [0.25, 0.3) is 0 Å². The summed E-state index contributed by atoms with van der Waals surface area (Å²) in [5, 5.41) is 3.34. The molecule has 164 valence electrons. The molecule has 2 amide bonds. The monoisotopic (exact) mass is 460 g/mol. The summed E-state index contributed by atoms with van der Waals surface area (Å²) < 4.78 is 11.3. The number of nitrogens with zero attached hydrogens (tertiary/aromatic N) is 1. The minimum Gasteiger partial charge on any atom is -0.487 e. The summed E-state index contributed by atoms with van der Waals surface area (Å²) in [4.78, 5) is 28.5. The second-order valence-corrected chi connectivity index (χ2v) is 7.98.